The van der Waals surface area contributed by atoms with E-state index < -0.39 is 5.97 Å². The quantitative estimate of drug-likeness (QED) is 0.807. The van der Waals surface area contributed by atoms with Crippen LogP contribution in [0.5, 0.6) is 0 Å². The van der Waals surface area contributed by atoms with E-state index in [2.05, 4.69) is 0 Å². The average molecular weight is 196 g/mol. The molecule has 0 heterocycles. The molecule has 14 heavy (non-hydrogen) atoms. The Morgan fingerprint density at radius 2 is 2.21 bits per heavy atom. The molecule has 0 bridgehead atoms. The Morgan fingerprint density at radius 3 is 2.71 bits per heavy atom. The van der Waals surface area contributed by atoms with E-state index in [-0.39, 0.29) is 18.2 Å². The van der Waals surface area contributed by atoms with Crippen molar-refractivity contribution in [3.8, 4) is 0 Å². The lowest BCUT2D eigenvalue weighted by molar-refractivity contribution is -0.137. The van der Waals surface area contributed by atoms with Gasteiger partial charge in [-0.2, -0.15) is 0 Å². The van der Waals surface area contributed by atoms with E-state index in [1.165, 1.54) is 6.07 Å². The Balaban J connectivity index is 2.85. The van der Waals surface area contributed by atoms with Gasteiger partial charge in [-0.05, 0) is 30.0 Å². The zero-order chi connectivity index (χ0) is 10.7. The van der Waals surface area contributed by atoms with Crippen LogP contribution in [-0.4, -0.2) is 11.1 Å². The van der Waals surface area contributed by atoms with E-state index in [9.17, 15) is 9.18 Å². The molecule has 2 nitrogen and oxygen atoms in total. The van der Waals surface area contributed by atoms with Crippen LogP contribution in [0, 0.1) is 12.7 Å². The molecule has 3 heteroatoms. The molecule has 0 spiro atoms. The highest BCUT2D eigenvalue weighted by Crippen LogP contribution is 2.21. The molecule has 0 saturated carbocycles. The minimum Gasteiger partial charge on any atom is -0.481 e. The van der Waals surface area contributed by atoms with Crippen molar-refractivity contribution in [1.82, 2.24) is 0 Å². The minimum absolute atomic E-state index is 0.0745. The van der Waals surface area contributed by atoms with Crippen LogP contribution in [0.15, 0.2) is 18.2 Å². The van der Waals surface area contributed by atoms with Crippen LogP contribution in [-0.2, 0) is 4.79 Å². The number of aliphatic carboxylic acids is 1. The fourth-order valence-corrected chi connectivity index (χ4v) is 1.35. The summed E-state index contributed by atoms with van der Waals surface area (Å²) in [4.78, 5) is 10.5. The van der Waals surface area contributed by atoms with Gasteiger partial charge in [0.05, 0.1) is 6.42 Å². The van der Waals surface area contributed by atoms with Crippen molar-refractivity contribution in [3.63, 3.8) is 0 Å². The molecule has 1 aromatic carbocycles. The Bertz CT molecular complexity index is 347. The van der Waals surface area contributed by atoms with Gasteiger partial charge in [0, 0.05) is 0 Å². The third kappa shape index (κ3) is 2.55. The van der Waals surface area contributed by atoms with Gasteiger partial charge in [0.2, 0.25) is 0 Å². The number of carbonyl (C=O) groups is 1. The second-order valence-electron chi connectivity index (χ2n) is 3.51. The number of rotatable bonds is 3. The van der Waals surface area contributed by atoms with Crippen LogP contribution in [0.4, 0.5) is 4.39 Å². The topological polar surface area (TPSA) is 37.3 Å². The van der Waals surface area contributed by atoms with E-state index in [1.807, 2.05) is 6.92 Å². The highest BCUT2D eigenvalue weighted by molar-refractivity contribution is 5.67. The molecule has 76 valence electrons. The van der Waals surface area contributed by atoms with E-state index >= 15 is 0 Å². The number of halogens is 1. The van der Waals surface area contributed by atoms with Crippen LogP contribution in [0.1, 0.15) is 30.4 Å². The number of carboxylic acid groups (broad SMARTS) is 1. The van der Waals surface area contributed by atoms with Crippen molar-refractivity contribution in [1.29, 1.82) is 0 Å². The Kier molecular flexibility index (Phi) is 3.23. The standard InChI is InChI=1S/C11H13FO2/c1-7(6-11(13)14)9-3-4-10(12)8(2)5-9/h3-5,7H,6H2,1-2H3,(H,13,14). The maximum atomic E-state index is 12.9. The van der Waals surface area contributed by atoms with Crippen LogP contribution < -0.4 is 0 Å². The van der Waals surface area contributed by atoms with E-state index in [4.69, 9.17) is 5.11 Å². The first-order valence-electron chi connectivity index (χ1n) is 4.48. The van der Waals surface area contributed by atoms with E-state index in [1.54, 1.807) is 19.1 Å². The van der Waals surface area contributed by atoms with Gasteiger partial charge in [0.1, 0.15) is 5.82 Å². The van der Waals surface area contributed by atoms with Crippen molar-refractivity contribution < 1.29 is 14.3 Å². The molecule has 1 rings (SSSR count). The SMILES string of the molecule is Cc1cc(C(C)CC(=O)O)ccc1F. The van der Waals surface area contributed by atoms with Gasteiger partial charge in [-0.15, -0.1) is 0 Å². The van der Waals surface area contributed by atoms with Crippen LogP contribution in [0.3, 0.4) is 0 Å². The molecule has 0 aromatic heterocycles. The molecule has 0 fully saturated rings. The number of carboxylic acids is 1. The monoisotopic (exact) mass is 196 g/mol. The van der Waals surface area contributed by atoms with Gasteiger partial charge in [-0.1, -0.05) is 19.1 Å². The van der Waals surface area contributed by atoms with Crippen molar-refractivity contribution in [2.75, 3.05) is 0 Å². The Labute approximate surface area is 82.4 Å². The van der Waals surface area contributed by atoms with Gasteiger partial charge in [-0.25, -0.2) is 4.39 Å². The molecule has 0 radical (unpaired) electrons. The van der Waals surface area contributed by atoms with E-state index in [0.717, 1.165) is 5.56 Å². The lowest BCUT2D eigenvalue weighted by atomic mass is 9.96. The molecule has 1 atom stereocenters. The van der Waals surface area contributed by atoms with Gasteiger partial charge in [0.25, 0.3) is 0 Å². The normalized spacial score (nSPS) is 12.5. The van der Waals surface area contributed by atoms with Crippen molar-refractivity contribution >= 4 is 5.97 Å². The van der Waals surface area contributed by atoms with E-state index in [0.29, 0.717) is 5.56 Å². The van der Waals surface area contributed by atoms with Gasteiger partial charge >= 0.3 is 5.97 Å². The third-order valence-corrected chi connectivity index (χ3v) is 2.23. The number of aryl methyl sites for hydroxylation is 1. The first-order chi connectivity index (χ1) is 6.50. The molecule has 0 aliphatic heterocycles. The molecular weight excluding hydrogens is 183 g/mol. The lowest BCUT2D eigenvalue weighted by Gasteiger charge is -2.09. The molecule has 0 amide bonds. The Morgan fingerprint density at radius 1 is 1.57 bits per heavy atom. The second-order valence-corrected chi connectivity index (χ2v) is 3.51. The second kappa shape index (κ2) is 4.22. The van der Waals surface area contributed by atoms with Crippen molar-refractivity contribution in [3.05, 3.63) is 35.1 Å². The van der Waals surface area contributed by atoms with Gasteiger partial charge in [0.15, 0.2) is 0 Å². The fraction of sp³-hybridized carbons (Fsp3) is 0.364. The Hall–Kier alpha value is -1.38. The number of hydrogen-bond acceptors (Lipinski definition) is 1. The predicted molar refractivity (Wildman–Crippen MR) is 51.8 cm³/mol. The molecule has 1 unspecified atom stereocenters. The lowest BCUT2D eigenvalue weighted by Crippen LogP contribution is -2.03. The summed E-state index contributed by atoms with van der Waals surface area (Å²) in [6.07, 6.45) is 0.0745. The molecule has 1 N–H and O–H groups in total. The van der Waals surface area contributed by atoms with Crippen LogP contribution >= 0.6 is 0 Å². The zero-order valence-electron chi connectivity index (χ0n) is 8.25. The summed E-state index contributed by atoms with van der Waals surface area (Å²) in [6.45, 7) is 3.49. The maximum Gasteiger partial charge on any atom is 0.303 e. The minimum atomic E-state index is -0.834. The first kappa shape index (κ1) is 10.7. The van der Waals surface area contributed by atoms with Gasteiger partial charge < -0.3 is 5.11 Å². The third-order valence-electron chi connectivity index (χ3n) is 2.23. The number of benzene rings is 1. The fourth-order valence-electron chi connectivity index (χ4n) is 1.35. The number of hydrogen-bond donors (Lipinski definition) is 1. The molecule has 0 saturated heterocycles. The summed E-state index contributed by atoms with van der Waals surface area (Å²) in [5.74, 6) is -1.16. The van der Waals surface area contributed by atoms with Crippen LogP contribution in [0.2, 0.25) is 0 Å². The molecule has 0 aliphatic carbocycles. The summed E-state index contributed by atoms with van der Waals surface area (Å²) < 4.78 is 12.9. The van der Waals surface area contributed by atoms with Crippen LogP contribution in [0.25, 0.3) is 0 Å². The average Bonchev–Trinajstić information content (AvgIpc) is 2.08. The smallest absolute Gasteiger partial charge is 0.303 e. The van der Waals surface area contributed by atoms with Crippen molar-refractivity contribution in [2.45, 2.75) is 26.2 Å². The highest BCUT2D eigenvalue weighted by Gasteiger charge is 2.10. The summed E-state index contributed by atoms with van der Waals surface area (Å²) in [5, 5.41) is 8.60. The molecular formula is C11H13FO2. The zero-order valence-corrected chi connectivity index (χ0v) is 8.25. The summed E-state index contributed by atoms with van der Waals surface area (Å²) in [5.41, 5.74) is 1.42. The summed E-state index contributed by atoms with van der Waals surface area (Å²) in [6, 6.07) is 4.71. The highest BCUT2D eigenvalue weighted by atomic mass is 19.1. The molecule has 1 aromatic rings. The van der Waals surface area contributed by atoms with Crippen molar-refractivity contribution in [2.24, 2.45) is 0 Å². The molecule has 0 aliphatic rings. The van der Waals surface area contributed by atoms with Gasteiger partial charge in [-0.3, -0.25) is 4.79 Å². The summed E-state index contributed by atoms with van der Waals surface area (Å²) >= 11 is 0. The summed E-state index contributed by atoms with van der Waals surface area (Å²) in [7, 11) is 0. The first-order valence-corrected chi connectivity index (χ1v) is 4.48. The largest absolute Gasteiger partial charge is 0.481 e. The predicted octanol–water partition coefficient (Wildman–Crippen LogP) is 2.71. The maximum absolute atomic E-state index is 12.9.